The first kappa shape index (κ1) is 60.9. The third-order valence-corrected chi connectivity index (χ3v) is 12.4. The molecule has 0 unspecified atom stereocenters. The van der Waals surface area contributed by atoms with E-state index in [1.807, 2.05) is 0 Å². The van der Waals surface area contributed by atoms with Crippen LogP contribution in [0.15, 0.2) is 24.3 Å². The Labute approximate surface area is 392 Å². The minimum absolute atomic E-state index is 0.0715. The number of allylic oxidation sites excluding steroid dienone is 4. The third kappa shape index (κ3) is 50.7. The van der Waals surface area contributed by atoms with Gasteiger partial charge in [-0.25, -0.2) is 0 Å². The maximum atomic E-state index is 12.8. The highest BCUT2D eigenvalue weighted by Crippen LogP contribution is 2.16. The smallest absolute Gasteiger partial charge is 0.306 e. The summed E-state index contributed by atoms with van der Waals surface area (Å²) in [6, 6.07) is 0. The van der Waals surface area contributed by atoms with E-state index in [9.17, 15) is 14.4 Å². The lowest BCUT2D eigenvalue weighted by atomic mass is 10.0. The highest BCUT2D eigenvalue weighted by molar-refractivity contribution is 5.71. The molecule has 0 spiro atoms. The minimum Gasteiger partial charge on any atom is -0.462 e. The Balaban J connectivity index is 4.31. The average molecular weight is 887 g/mol. The summed E-state index contributed by atoms with van der Waals surface area (Å²) in [5.74, 6) is -0.869. The second-order valence-electron chi connectivity index (χ2n) is 18.8. The van der Waals surface area contributed by atoms with Crippen molar-refractivity contribution in [1.82, 2.24) is 0 Å². The van der Waals surface area contributed by atoms with Gasteiger partial charge in [-0.2, -0.15) is 0 Å². The molecule has 0 radical (unpaired) electrons. The Hall–Kier alpha value is -2.11. The molecule has 0 saturated carbocycles. The van der Waals surface area contributed by atoms with Crippen molar-refractivity contribution in [1.29, 1.82) is 0 Å². The van der Waals surface area contributed by atoms with Gasteiger partial charge in [0.2, 0.25) is 0 Å². The molecule has 0 aliphatic carbocycles. The van der Waals surface area contributed by atoms with Gasteiger partial charge >= 0.3 is 17.9 Å². The second kappa shape index (κ2) is 52.5. The van der Waals surface area contributed by atoms with Crippen LogP contribution in [-0.2, 0) is 28.6 Å². The maximum absolute atomic E-state index is 12.8. The average Bonchev–Trinajstić information content (AvgIpc) is 3.28. The molecule has 0 rings (SSSR count). The molecule has 0 bridgehead atoms. The SMILES string of the molecule is CCCC/C=C\CCCCCCCC(=O)OC[C@H](COC(=O)CCCCCCCCCCCCCCCCCCC)OC(=O)CCCCCCCCC/C=C\CCCCCCCC. The van der Waals surface area contributed by atoms with Crippen LogP contribution in [0.2, 0.25) is 0 Å². The predicted molar refractivity (Wildman–Crippen MR) is 270 cm³/mol. The van der Waals surface area contributed by atoms with Crippen molar-refractivity contribution in [3.63, 3.8) is 0 Å². The first-order valence-electron chi connectivity index (χ1n) is 27.8. The topological polar surface area (TPSA) is 78.9 Å². The number of ether oxygens (including phenoxy) is 3. The number of hydrogen-bond acceptors (Lipinski definition) is 6. The van der Waals surface area contributed by atoms with Crippen molar-refractivity contribution in [2.45, 2.75) is 309 Å². The second-order valence-corrected chi connectivity index (χ2v) is 18.8. The van der Waals surface area contributed by atoms with Crippen molar-refractivity contribution in [3.05, 3.63) is 24.3 Å². The van der Waals surface area contributed by atoms with Crippen LogP contribution in [0.4, 0.5) is 0 Å². The Morgan fingerprint density at radius 2 is 0.540 bits per heavy atom. The maximum Gasteiger partial charge on any atom is 0.306 e. The largest absolute Gasteiger partial charge is 0.462 e. The number of carbonyl (C=O) groups is 3. The van der Waals surface area contributed by atoms with Crippen LogP contribution in [0.3, 0.4) is 0 Å². The number of esters is 3. The molecule has 0 fully saturated rings. The van der Waals surface area contributed by atoms with Crippen molar-refractivity contribution >= 4 is 17.9 Å². The highest BCUT2D eigenvalue weighted by atomic mass is 16.6. The van der Waals surface area contributed by atoms with Crippen LogP contribution in [0.25, 0.3) is 0 Å². The quantitative estimate of drug-likeness (QED) is 0.0262. The molecular weight excluding hydrogens is 781 g/mol. The molecule has 0 aromatic carbocycles. The summed E-state index contributed by atoms with van der Waals surface area (Å²) >= 11 is 0. The van der Waals surface area contributed by atoms with Crippen molar-refractivity contribution in [2.24, 2.45) is 0 Å². The normalized spacial score (nSPS) is 12.1. The fourth-order valence-electron chi connectivity index (χ4n) is 8.18. The summed E-state index contributed by atoms with van der Waals surface area (Å²) in [7, 11) is 0. The van der Waals surface area contributed by atoms with Gasteiger partial charge in [0.1, 0.15) is 13.2 Å². The van der Waals surface area contributed by atoms with Gasteiger partial charge in [-0.05, 0) is 64.2 Å². The molecule has 0 saturated heterocycles. The van der Waals surface area contributed by atoms with E-state index in [-0.39, 0.29) is 31.1 Å². The van der Waals surface area contributed by atoms with Crippen LogP contribution in [0, 0.1) is 0 Å². The Kier molecular flexibility index (Phi) is 50.8. The Morgan fingerprint density at radius 1 is 0.302 bits per heavy atom. The number of hydrogen-bond donors (Lipinski definition) is 0. The van der Waals surface area contributed by atoms with E-state index in [4.69, 9.17) is 14.2 Å². The van der Waals surface area contributed by atoms with Gasteiger partial charge < -0.3 is 14.2 Å². The standard InChI is InChI=1S/C57H106O6/c1-4-7-10-13-16-19-22-24-26-28-30-32-35-38-41-44-47-50-56(59)62-53-54(52-61-55(58)49-46-43-40-37-34-21-18-15-12-9-6-3)63-57(60)51-48-45-42-39-36-33-31-29-27-25-23-20-17-14-11-8-5-2/h15,18,25,27,54H,4-14,16-17,19-24,26,28-53H2,1-3H3/b18-15-,27-25-/t54-/m1/s1. The highest BCUT2D eigenvalue weighted by Gasteiger charge is 2.19. The summed E-state index contributed by atoms with van der Waals surface area (Å²) in [6.45, 7) is 6.63. The van der Waals surface area contributed by atoms with E-state index in [0.717, 1.165) is 64.2 Å². The van der Waals surface area contributed by atoms with Gasteiger partial charge in [0, 0.05) is 19.3 Å². The summed E-state index contributed by atoms with van der Waals surface area (Å²) < 4.78 is 16.8. The summed E-state index contributed by atoms with van der Waals surface area (Å²) in [5, 5.41) is 0. The molecule has 0 amide bonds. The van der Waals surface area contributed by atoms with Crippen molar-refractivity contribution in [2.75, 3.05) is 13.2 Å². The molecule has 0 heterocycles. The summed E-state index contributed by atoms with van der Waals surface area (Å²) in [4.78, 5) is 38.0. The van der Waals surface area contributed by atoms with Gasteiger partial charge in [0.15, 0.2) is 6.10 Å². The van der Waals surface area contributed by atoms with Crippen LogP contribution < -0.4 is 0 Å². The molecule has 6 heteroatoms. The molecule has 0 aliphatic rings. The van der Waals surface area contributed by atoms with E-state index < -0.39 is 6.10 Å². The molecule has 6 nitrogen and oxygen atoms in total. The first-order valence-corrected chi connectivity index (χ1v) is 27.8. The first-order chi connectivity index (χ1) is 31.0. The zero-order chi connectivity index (χ0) is 45.8. The van der Waals surface area contributed by atoms with Gasteiger partial charge in [-0.1, -0.05) is 244 Å². The zero-order valence-corrected chi connectivity index (χ0v) is 42.4. The molecule has 0 N–H and O–H groups in total. The molecule has 0 aromatic heterocycles. The Morgan fingerprint density at radius 3 is 0.841 bits per heavy atom. The fraction of sp³-hybridized carbons (Fsp3) is 0.877. The minimum atomic E-state index is -0.772. The van der Waals surface area contributed by atoms with E-state index in [1.54, 1.807) is 0 Å². The van der Waals surface area contributed by atoms with E-state index in [0.29, 0.717) is 19.3 Å². The zero-order valence-electron chi connectivity index (χ0n) is 42.4. The predicted octanol–water partition coefficient (Wildman–Crippen LogP) is 18.3. The van der Waals surface area contributed by atoms with Crippen LogP contribution in [0.5, 0.6) is 0 Å². The third-order valence-electron chi connectivity index (χ3n) is 12.4. The molecule has 370 valence electrons. The van der Waals surface area contributed by atoms with Crippen LogP contribution >= 0.6 is 0 Å². The van der Waals surface area contributed by atoms with Crippen molar-refractivity contribution in [3.8, 4) is 0 Å². The molecule has 63 heavy (non-hydrogen) atoms. The van der Waals surface area contributed by atoms with Gasteiger partial charge in [0.05, 0.1) is 0 Å². The van der Waals surface area contributed by atoms with Crippen molar-refractivity contribution < 1.29 is 28.6 Å². The van der Waals surface area contributed by atoms with Gasteiger partial charge in [-0.15, -0.1) is 0 Å². The Bertz CT molecular complexity index is 1020. The van der Waals surface area contributed by atoms with E-state index in [2.05, 4.69) is 45.1 Å². The van der Waals surface area contributed by atoms with Gasteiger partial charge in [0.25, 0.3) is 0 Å². The van der Waals surface area contributed by atoms with Crippen LogP contribution in [0.1, 0.15) is 303 Å². The fourth-order valence-corrected chi connectivity index (χ4v) is 8.18. The lowest BCUT2D eigenvalue weighted by Crippen LogP contribution is -2.30. The molecule has 1 atom stereocenters. The van der Waals surface area contributed by atoms with Gasteiger partial charge in [-0.3, -0.25) is 14.4 Å². The number of rotatable bonds is 51. The monoisotopic (exact) mass is 887 g/mol. The van der Waals surface area contributed by atoms with E-state index in [1.165, 1.54) is 199 Å². The summed E-state index contributed by atoms with van der Waals surface area (Å²) in [5.41, 5.74) is 0. The molecular formula is C57H106O6. The summed E-state index contributed by atoms with van der Waals surface area (Å²) in [6.07, 6.45) is 60.2. The number of unbranched alkanes of at least 4 members (excludes halogenated alkanes) is 36. The number of carbonyl (C=O) groups excluding carboxylic acids is 3. The lowest BCUT2D eigenvalue weighted by molar-refractivity contribution is -0.167. The molecule has 0 aromatic rings. The molecule has 0 aliphatic heterocycles. The lowest BCUT2D eigenvalue weighted by Gasteiger charge is -2.18. The van der Waals surface area contributed by atoms with Crippen LogP contribution in [-0.4, -0.2) is 37.2 Å². The van der Waals surface area contributed by atoms with E-state index >= 15 is 0 Å².